The van der Waals surface area contributed by atoms with E-state index in [2.05, 4.69) is 26.0 Å². The fourth-order valence-electron chi connectivity index (χ4n) is 1.50. The summed E-state index contributed by atoms with van der Waals surface area (Å²) >= 11 is 0. The number of alkyl halides is 2. The molecule has 1 aromatic carbocycles. The number of esters is 1. The van der Waals surface area contributed by atoms with Crippen LogP contribution in [0.2, 0.25) is 0 Å². The SMILES string of the molecule is C#CCNC(=O)COC(=O)CNC(=O)c1ccccc1OC(F)F. The zero-order chi connectivity index (χ0) is 17.9. The third kappa shape index (κ3) is 6.74. The maximum absolute atomic E-state index is 12.3. The Kier molecular flexibility index (Phi) is 7.70. The van der Waals surface area contributed by atoms with Gasteiger partial charge in [-0.25, -0.2) is 0 Å². The number of hydrogen-bond acceptors (Lipinski definition) is 5. The number of rotatable bonds is 8. The highest BCUT2D eigenvalue weighted by Gasteiger charge is 2.16. The van der Waals surface area contributed by atoms with Gasteiger partial charge in [0.05, 0.1) is 12.1 Å². The Balaban J connectivity index is 2.47. The van der Waals surface area contributed by atoms with Crippen molar-refractivity contribution in [1.82, 2.24) is 10.6 Å². The molecular formula is C15H14F2N2O5. The number of terminal acetylenes is 1. The highest BCUT2D eigenvalue weighted by atomic mass is 19.3. The number of hydrogen-bond donors (Lipinski definition) is 2. The molecule has 0 atom stereocenters. The van der Waals surface area contributed by atoms with Gasteiger partial charge in [-0.1, -0.05) is 18.1 Å². The van der Waals surface area contributed by atoms with Gasteiger partial charge in [0.1, 0.15) is 12.3 Å². The average Bonchev–Trinajstić information content (AvgIpc) is 2.55. The minimum atomic E-state index is -3.09. The smallest absolute Gasteiger partial charge is 0.387 e. The lowest BCUT2D eigenvalue weighted by Crippen LogP contribution is -2.34. The minimum Gasteiger partial charge on any atom is -0.454 e. The second kappa shape index (κ2) is 9.78. The second-order valence-corrected chi connectivity index (χ2v) is 4.20. The molecule has 128 valence electrons. The molecule has 0 saturated carbocycles. The van der Waals surface area contributed by atoms with Crippen LogP contribution in [0.4, 0.5) is 8.78 Å². The Morgan fingerprint density at radius 2 is 1.92 bits per heavy atom. The summed E-state index contributed by atoms with van der Waals surface area (Å²) < 4.78 is 33.3. The van der Waals surface area contributed by atoms with E-state index in [4.69, 9.17) is 6.42 Å². The molecule has 0 saturated heterocycles. The number of amides is 2. The van der Waals surface area contributed by atoms with Crippen molar-refractivity contribution >= 4 is 17.8 Å². The van der Waals surface area contributed by atoms with E-state index < -0.39 is 37.5 Å². The summed E-state index contributed by atoms with van der Waals surface area (Å²) in [6, 6.07) is 5.31. The van der Waals surface area contributed by atoms with Gasteiger partial charge >= 0.3 is 12.6 Å². The Bertz CT molecular complexity index is 643. The van der Waals surface area contributed by atoms with Crippen molar-refractivity contribution in [3.63, 3.8) is 0 Å². The van der Waals surface area contributed by atoms with E-state index in [-0.39, 0.29) is 17.9 Å². The molecule has 0 aliphatic heterocycles. The topological polar surface area (TPSA) is 93.7 Å². The number of benzene rings is 1. The summed E-state index contributed by atoms with van der Waals surface area (Å²) in [4.78, 5) is 34.5. The quantitative estimate of drug-likeness (QED) is 0.525. The first-order chi connectivity index (χ1) is 11.4. The van der Waals surface area contributed by atoms with E-state index in [1.807, 2.05) is 0 Å². The molecule has 0 unspecified atom stereocenters. The summed E-state index contributed by atoms with van der Waals surface area (Å²) in [5, 5.41) is 4.45. The van der Waals surface area contributed by atoms with Crippen LogP contribution in [-0.4, -0.2) is 44.1 Å². The van der Waals surface area contributed by atoms with Crippen LogP contribution < -0.4 is 15.4 Å². The van der Waals surface area contributed by atoms with E-state index in [0.29, 0.717) is 0 Å². The van der Waals surface area contributed by atoms with E-state index >= 15 is 0 Å². The van der Waals surface area contributed by atoms with Crippen LogP contribution in [0.15, 0.2) is 24.3 Å². The molecule has 0 spiro atoms. The maximum Gasteiger partial charge on any atom is 0.387 e. The molecule has 1 aromatic rings. The van der Waals surface area contributed by atoms with Crippen molar-refractivity contribution in [2.24, 2.45) is 0 Å². The first kappa shape index (κ1) is 18.9. The van der Waals surface area contributed by atoms with E-state index in [1.54, 1.807) is 0 Å². The molecule has 7 nitrogen and oxygen atoms in total. The molecule has 24 heavy (non-hydrogen) atoms. The van der Waals surface area contributed by atoms with E-state index in [0.717, 1.165) is 0 Å². The molecule has 0 heterocycles. The summed E-state index contributed by atoms with van der Waals surface area (Å²) in [7, 11) is 0. The van der Waals surface area contributed by atoms with Gasteiger partial charge in [-0.3, -0.25) is 14.4 Å². The van der Waals surface area contributed by atoms with Crippen LogP contribution in [0, 0.1) is 12.3 Å². The number of ether oxygens (including phenoxy) is 2. The molecule has 0 aliphatic carbocycles. The molecule has 2 N–H and O–H groups in total. The van der Waals surface area contributed by atoms with E-state index in [9.17, 15) is 23.2 Å². The largest absolute Gasteiger partial charge is 0.454 e. The molecule has 0 bridgehead atoms. The van der Waals surface area contributed by atoms with Crippen molar-refractivity contribution in [3.8, 4) is 18.1 Å². The van der Waals surface area contributed by atoms with Gasteiger partial charge in [0.15, 0.2) is 6.61 Å². The van der Waals surface area contributed by atoms with Gasteiger partial charge in [0.25, 0.3) is 11.8 Å². The standard InChI is InChI=1S/C15H14F2N2O5/c1-2-7-18-12(20)9-23-13(21)8-19-14(22)10-5-3-4-6-11(10)24-15(16)17/h1,3-6,15H,7-9H2,(H,18,20)(H,19,22). The van der Waals surface area contributed by atoms with Crippen LogP contribution in [0.5, 0.6) is 5.75 Å². The number of carbonyl (C=O) groups is 3. The van der Waals surface area contributed by atoms with Crippen LogP contribution >= 0.6 is 0 Å². The first-order valence-corrected chi connectivity index (χ1v) is 6.62. The molecule has 2 amide bonds. The van der Waals surface area contributed by atoms with Crippen LogP contribution in [-0.2, 0) is 14.3 Å². The zero-order valence-corrected chi connectivity index (χ0v) is 12.4. The monoisotopic (exact) mass is 340 g/mol. The summed E-state index contributed by atoms with van der Waals surface area (Å²) in [6.07, 6.45) is 4.93. The third-order valence-corrected chi connectivity index (χ3v) is 2.49. The fraction of sp³-hybridized carbons (Fsp3) is 0.267. The molecule has 1 rings (SSSR count). The van der Waals surface area contributed by atoms with Gasteiger partial charge in [-0.15, -0.1) is 6.42 Å². The predicted molar refractivity (Wildman–Crippen MR) is 78.2 cm³/mol. The molecule has 0 radical (unpaired) electrons. The Labute approximate surface area is 136 Å². The summed E-state index contributed by atoms with van der Waals surface area (Å²) in [5.41, 5.74) is -0.169. The van der Waals surface area contributed by atoms with E-state index in [1.165, 1.54) is 24.3 Å². The van der Waals surface area contributed by atoms with Crippen molar-refractivity contribution < 1.29 is 32.6 Å². The van der Waals surface area contributed by atoms with Gasteiger partial charge < -0.3 is 20.1 Å². The van der Waals surface area contributed by atoms with Crippen LogP contribution in [0.25, 0.3) is 0 Å². The molecule has 0 aliphatic rings. The highest BCUT2D eigenvalue weighted by molar-refractivity contribution is 5.98. The fourth-order valence-corrected chi connectivity index (χ4v) is 1.50. The maximum atomic E-state index is 12.3. The van der Waals surface area contributed by atoms with Gasteiger partial charge in [-0.2, -0.15) is 8.78 Å². The minimum absolute atomic E-state index is 0.00591. The van der Waals surface area contributed by atoms with Crippen molar-refractivity contribution in [2.75, 3.05) is 19.7 Å². The van der Waals surface area contributed by atoms with Crippen molar-refractivity contribution in [2.45, 2.75) is 6.61 Å². The zero-order valence-electron chi connectivity index (χ0n) is 12.4. The van der Waals surface area contributed by atoms with Crippen molar-refractivity contribution in [1.29, 1.82) is 0 Å². The lowest BCUT2D eigenvalue weighted by atomic mass is 10.2. The number of halogens is 2. The Morgan fingerprint density at radius 3 is 2.58 bits per heavy atom. The normalized spacial score (nSPS) is 9.75. The highest BCUT2D eigenvalue weighted by Crippen LogP contribution is 2.19. The lowest BCUT2D eigenvalue weighted by Gasteiger charge is -2.10. The van der Waals surface area contributed by atoms with Crippen molar-refractivity contribution in [3.05, 3.63) is 29.8 Å². The van der Waals surface area contributed by atoms with Gasteiger partial charge in [0.2, 0.25) is 0 Å². The van der Waals surface area contributed by atoms with Crippen LogP contribution in [0.1, 0.15) is 10.4 Å². The third-order valence-electron chi connectivity index (χ3n) is 2.49. The Hall–Kier alpha value is -3.15. The van der Waals surface area contributed by atoms with Gasteiger partial charge in [-0.05, 0) is 12.1 Å². The number of para-hydroxylation sites is 1. The average molecular weight is 340 g/mol. The van der Waals surface area contributed by atoms with Gasteiger partial charge in [0, 0.05) is 0 Å². The second-order valence-electron chi connectivity index (χ2n) is 4.20. The summed E-state index contributed by atoms with van der Waals surface area (Å²) in [6.45, 7) is -4.20. The molecule has 9 heteroatoms. The number of carbonyl (C=O) groups excluding carboxylic acids is 3. The molecular weight excluding hydrogens is 326 g/mol. The lowest BCUT2D eigenvalue weighted by molar-refractivity contribution is -0.147. The Morgan fingerprint density at radius 1 is 1.21 bits per heavy atom. The predicted octanol–water partition coefficient (Wildman–Crippen LogP) is 0.310. The molecule has 0 aromatic heterocycles. The molecule has 0 fully saturated rings. The number of nitrogens with one attached hydrogen (secondary N) is 2. The van der Waals surface area contributed by atoms with Crippen LogP contribution in [0.3, 0.4) is 0 Å². The summed E-state index contributed by atoms with van der Waals surface area (Å²) in [5.74, 6) is -0.441. The first-order valence-electron chi connectivity index (χ1n) is 6.62.